The van der Waals surface area contributed by atoms with Crippen LogP contribution in [0.4, 0.5) is 0 Å². The van der Waals surface area contributed by atoms with E-state index in [0.717, 1.165) is 23.5 Å². The molecule has 1 amide bonds. The van der Waals surface area contributed by atoms with E-state index in [9.17, 15) is 4.79 Å². The van der Waals surface area contributed by atoms with Gasteiger partial charge in [-0.2, -0.15) is 0 Å². The van der Waals surface area contributed by atoms with E-state index >= 15 is 0 Å². The van der Waals surface area contributed by atoms with Crippen molar-refractivity contribution in [2.75, 3.05) is 14.2 Å². The van der Waals surface area contributed by atoms with Gasteiger partial charge in [-0.15, -0.1) is 0 Å². The monoisotopic (exact) mass is 263 g/mol. The van der Waals surface area contributed by atoms with Gasteiger partial charge in [0.15, 0.2) is 11.5 Å². The van der Waals surface area contributed by atoms with Crippen LogP contribution in [0.15, 0.2) is 12.1 Å². The Morgan fingerprint density at radius 1 is 1.05 bits per heavy atom. The van der Waals surface area contributed by atoms with Crippen LogP contribution in [0.1, 0.15) is 31.4 Å². The zero-order valence-electron chi connectivity index (χ0n) is 12.0. The van der Waals surface area contributed by atoms with Gasteiger partial charge in [0.2, 0.25) is 5.91 Å². The first-order valence-corrected chi connectivity index (χ1v) is 6.60. The van der Waals surface area contributed by atoms with Gasteiger partial charge in [-0.3, -0.25) is 4.79 Å². The number of amides is 1. The molecule has 1 aromatic rings. The summed E-state index contributed by atoms with van der Waals surface area (Å²) in [7, 11) is 3.26. The lowest BCUT2D eigenvalue weighted by Crippen LogP contribution is -2.35. The lowest BCUT2D eigenvalue weighted by Gasteiger charge is -2.25. The van der Waals surface area contributed by atoms with Gasteiger partial charge < -0.3 is 14.4 Å². The molecule has 0 fully saturated rings. The molecule has 0 bridgehead atoms. The standard InChI is InChI=1S/C15H21NO3/c1-10(2)16-9-12-8-14(19-4)13(18-3)7-11(12)5-6-15(16)17/h7-8,10H,5-6,9H2,1-4H3. The molecule has 1 aromatic carbocycles. The topological polar surface area (TPSA) is 38.8 Å². The van der Waals surface area contributed by atoms with E-state index in [4.69, 9.17) is 9.47 Å². The molecule has 0 saturated heterocycles. The Morgan fingerprint density at radius 3 is 2.16 bits per heavy atom. The molecule has 0 aliphatic carbocycles. The summed E-state index contributed by atoms with van der Waals surface area (Å²) in [6, 6.07) is 4.19. The fourth-order valence-corrected chi connectivity index (χ4v) is 2.47. The van der Waals surface area contributed by atoms with E-state index in [0.29, 0.717) is 13.0 Å². The molecule has 1 heterocycles. The summed E-state index contributed by atoms with van der Waals surface area (Å²) in [6.07, 6.45) is 1.32. The average Bonchev–Trinajstić information content (AvgIpc) is 2.56. The maximum atomic E-state index is 12.1. The Bertz CT molecular complexity index is 483. The van der Waals surface area contributed by atoms with Crippen molar-refractivity contribution in [2.45, 2.75) is 39.3 Å². The Balaban J connectivity index is 2.41. The van der Waals surface area contributed by atoms with Crippen molar-refractivity contribution < 1.29 is 14.3 Å². The summed E-state index contributed by atoms with van der Waals surface area (Å²) in [6.45, 7) is 4.74. The number of rotatable bonds is 3. The zero-order valence-corrected chi connectivity index (χ0v) is 12.0. The van der Waals surface area contributed by atoms with Crippen molar-refractivity contribution in [1.29, 1.82) is 0 Å². The minimum absolute atomic E-state index is 0.212. The predicted molar refractivity (Wildman–Crippen MR) is 73.6 cm³/mol. The van der Waals surface area contributed by atoms with Gasteiger partial charge in [-0.25, -0.2) is 0 Å². The van der Waals surface area contributed by atoms with Crippen LogP contribution in [0.25, 0.3) is 0 Å². The van der Waals surface area contributed by atoms with E-state index in [1.165, 1.54) is 5.56 Å². The van der Waals surface area contributed by atoms with Crippen LogP contribution < -0.4 is 9.47 Å². The zero-order chi connectivity index (χ0) is 14.0. The van der Waals surface area contributed by atoms with E-state index < -0.39 is 0 Å². The van der Waals surface area contributed by atoms with E-state index in [2.05, 4.69) is 0 Å². The van der Waals surface area contributed by atoms with Crippen molar-refractivity contribution in [3.8, 4) is 11.5 Å². The van der Waals surface area contributed by atoms with E-state index in [1.54, 1.807) is 14.2 Å². The SMILES string of the molecule is COc1cc2c(cc1OC)CN(C(C)C)C(=O)CC2. The highest BCUT2D eigenvalue weighted by molar-refractivity contribution is 5.77. The molecule has 0 radical (unpaired) electrons. The molecule has 4 heteroatoms. The summed E-state index contributed by atoms with van der Waals surface area (Å²) in [5, 5.41) is 0. The summed E-state index contributed by atoms with van der Waals surface area (Å²) >= 11 is 0. The normalized spacial score (nSPS) is 15.2. The number of hydrogen-bond acceptors (Lipinski definition) is 3. The highest BCUT2D eigenvalue weighted by Gasteiger charge is 2.24. The van der Waals surface area contributed by atoms with Gasteiger partial charge in [0, 0.05) is 19.0 Å². The van der Waals surface area contributed by atoms with Crippen molar-refractivity contribution in [3.05, 3.63) is 23.3 Å². The Labute approximate surface area is 114 Å². The van der Waals surface area contributed by atoms with Gasteiger partial charge in [0.1, 0.15) is 0 Å². The number of carbonyl (C=O) groups is 1. The molecule has 1 aliphatic rings. The number of hydrogen-bond donors (Lipinski definition) is 0. The van der Waals surface area contributed by atoms with Gasteiger partial charge in [-0.05, 0) is 43.5 Å². The smallest absolute Gasteiger partial charge is 0.223 e. The Morgan fingerprint density at radius 2 is 1.63 bits per heavy atom. The van der Waals surface area contributed by atoms with Crippen LogP contribution in [0, 0.1) is 0 Å². The van der Waals surface area contributed by atoms with Crippen molar-refractivity contribution >= 4 is 5.91 Å². The van der Waals surface area contributed by atoms with Crippen LogP contribution in [0.3, 0.4) is 0 Å². The Hall–Kier alpha value is -1.71. The largest absolute Gasteiger partial charge is 0.493 e. The van der Waals surface area contributed by atoms with Crippen LogP contribution in [-0.4, -0.2) is 31.1 Å². The van der Waals surface area contributed by atoms with E-state index in [-0.39, 0.29) is 11.9 Å². The molecule has 104 valence electrons. The molecule has 19 heavy (non-hydrogen) atoms. The van der Waals surface area contributed by atoms with E-state index in [1.807, 2.05) is 30.9 Å². The third-order valence-electron chi connectivity index (χ3n) is 3.60. The Kier molecular flexibility index (Phi) is 3.98. The quantitative estimate of drug-likeness (QED) is 0.840. The molecule has 0 unspecified atom stereocenters. The van der Waals surface area contributed by atoms with Crippen LogP contribution in [0.5, 0.6) is 11.5 Å². The first-order valence-electron chi connectivity index (χ1n) is 6.60. The van der Waals surface area contributed by atoms with Crippen LogP contribution in [-0.2, 0) is 17.8 Å². The molecule has 0 aromatic heterocycles. The average molecular weight is 263 g/mol. The fraction of sp³-hybridized carbons (Fsp3) is 0.533. The number of fused-ring (bicyclic) bond motifs is 1. The number of benzene rings is 1. The van der Waals surface area contributed by atoms with Crippen molar-refractivity contribution in [2.24, 2.45) is 0 Å². The molecular weight excluding hydrogens is 242 g/mol. The molecule has 0 atom stereocenters. The minimum Gasteiger partial charge on any atom is -0.493 e. The number of nitrogens with zero attached hydrogens (tertiary/aromatic N) is 1. The molecule has 0 N–H and O–H groups in total. The van der Waals surface area contributed by atoms with Gasteiger partial charge in [-0.1, -0.05) is 0 Å². The second kappa shape index (κ2) is 5.51. The number of carbonyl (C=O) groups excluding carboxylic acids is 1. The summed E-state index contributed by atoms with van der Waals surface area (Å²) < 4.78 is 10.7. The lowest BCUT2D eigenvalue weighted by molar-refractivity contribution is -0.133. The highest BCUT2D eigenvalue weighted by atomic mass is 16.5. The maximum Gasteiger partial charge on any atom is 0.223 e. The van der Waals surface area contributed by atoms with Crippen molar-refractivity contribution in [1.82, 2.24) is 4.90 Å². The fourth-order valence-electron chi connectivity index (χ4n) is 2.47. The van der Waals surface area contributed by atoms with Gasteiger partial charge >= 0.3 is 0 Å². The van der Waals surface area contributed by atoms with Gasteiger partial charge in [0.05, 0.1) is 14.2 Å². The van der Waals surface area contributed by atoms with Crippen LogP contribution >= 0.6 is 0 Å². The lowest BCUT2D eigenvalue weighted by atomic mass is 10.0. The molecule has 1 aliphatic heterocycles. The second-order valence-corrected chi connectivity index (χ2v) is 5.09. The number of aryl methyl sites for hydroxylation is 1. The highest BCUT2D eigenvalue weighted by Crippen LogP contribution is 2.33. The first kappa shape index (κ1) is 13.7. The number of methoxy groups -OCH3 is 2. The molecule has 0 saturated carbocycles. The predicted octanol–water partition coefficient (Wildman–Crippen LogP) is 2.39. The first-order chi connectivity index (χ1) is 9.06. The molecular formula is C15H21NO3. The van der Waals surface area contributed by atoms with Gasteiger partial charge in [0.25, 0.3) is 0 Å². The molecule has 0 spiro atoms. The third-order valence-corrected chi connectivity index (χ3v) is 3.60. The molecule has 4 nitrogen and oxygen atoms in total. The number of ether oxygens (including phenoxy) is 2. The van der Waals surface area contributed by atoms with Crippen LogP contribution in [0.2, 0.25) is 0 Å². The van der Waals surface area contributed by atoms with Crippen molar-refractivity contribution in [3.63, 3.8) is 0 Å². The molecule has 2 rings (SSSR count). The second-order valence-electron chi connectivity index (χ2n) is 5.09. The minimum atomic E-state index is 0.212. The third kappa shape index (κ3) is 2.67. The summed E-state index contributed by atoms with van der Waals surface area (Å²) in [4.78, 5) is 14.0. The maximum absolute atomic E-state index is 12.1. The summed E-state index contributed by atoms with van der Waals surface area (Å²) in [5.41, 5.74) is 2.33. The summed E-state index contributed by atoms with van der Waals surface area (Å²) in [5.74, 6) is 1.66.